The Morgan fingerprint density at radius 2 is 1.77 bits per heavy atom. The van der Waals surface area contributed by atoms with Crippen LogP contribution in [0.1, 0.15) is 11.1 Å². The fourth-order valence-corrected chi connectivity index (χ4v) is 3.23. The van der Waals surface area contributed by atoms with Crippen molar-refractivity contribution in [2.24, 2.45) is 5.92 Å². The lowest BCUT2D eigenvalue weighted by Crippen LogP contribution is -2.43. The van der Waals surface area contributed by atoms with Gasteiger partial charge in [-0.05, 0) is 30.7 Å². The van der Waals surface area contributed by atoms with Crippen molar-refractivity contribution in [1.82, 2.24) is 4.90 Å². The number of para-hydroxylation sites is 1. The molecule has 0 aromatic heterocycles. The van der Waals surface area contributed by atoms with Gasteiger partial charge in [0.1, 0.15) is 0 Å². The molecule has 3 rings (SSSR count). The Balaban J connectivity index is 1.69. The Bertz CT molecular complexity index is 653. The third kappa shape index (κ3) is 3.04. The summed E-state index contributed by atoms with van der Waals surface area (Å²) in [6.07, 6.45) is 0.832. The van der Waals surface area contributed by atoms with E-state index in [0.717, 1.165) is 25.2 Å². The number of hydrogen-bond acceptors (Lipinski definition) is 2. The normalized spacial score (nSPS) is 17.7. The first kappa shape index (κ1) is 14.8. The Hall–Kier alpha value is -2.13. The highest BCUT2D eigenvalue weighted by Gasteiger charge is 2.30. The van der Waals surface area contributed by atoms with Gasteiger partial charge in [-0.25, -0.2) is 0 Å². The topological polar surface area (TPSA) is 23.6 Å². The average Bonchev–Trinajstić information content (AvgIpc) is 2.53. The molecule has 1 amide bonds. The molecule has 3 heteroatoms. The Kier molecular flexibility index (Phi) is 4.25. The van der Waals surface area contributed by atoms with E-state index in [2.05, 4.69) is 42.3 Å². The van der Waals surface area contributed by atoms with E-state index >= 15 is 0 Å². The van der Waals surface area contributed by atoms with Gasteiger partial charge in [0.15, 0.2) is 0 Å². The molecule has 0 radical (unpaired) electrons. The van der Waals surface area contributed by atoms with Crippen molar-refractivity contribution in [2.45, 2.75) is 13.0 Å². The van der Waals surface area contributed by atoms with Crippen LogP contribution in [-0.4, -0.2) is 31.4 Å². The van der Waals surface area contributed by atoms with E-state index in [1.54, 1.807) is 4.90 Å². The molecule has 2 aromatic carbocycles. The third-order valence-electron chi connectivity index (χ3n) is 4.33. The lowest BCUT2D eigenvalue weighted by atomic mass is 9.91. The van der Waals surface area contributed by atoms with Gasteiger partial charge in [-0.2, -0.15) is 0 Å². The maximum Gasteiger partial charge on any atom is 0.231 e. The molecule has 0 saturated carbocycles. The molecular weight excluding hydrogens is 272 g/mol. The number of amides is 1. The van der Waals surface area contributed by atoms with Crippen molar-refractivity contribution in [1.29, 1.82) is 0 Å². The van der Waals surface area contributed by atoms with Gasteiger partial charge in [0, 0.05) is 25.8 Å². The van der Waals surface area contributed by atoms with Gasteiger partial charge in [-0.3, -0.25) is 4.79 Å². The van der Waals surface area contributed by atoms with Gasteiger partial charge >= 0.3 is 0 Å². The van der Waals surface area contributed by atoms with Crippen molar-refractivity contribution in [3.8, 4) is 0 Å². The summed E-state index contributed by atoms with van der Waals surface area (Å²) in [6, 6.07) is 18.6. The van der Waals surface area contributed by atoms with E-state index in [0.29, 0.717) is 0 Å². The number of benzene rings is 2. The minimum atomic E-state index is 0.0358. The van der Waals surface area contributed by atoms with Crippen LogP contribution >= 0.6 is 0 Å². The van der Waals surface area contributed by atoms with E-state index in [9.17, 15) is 4.79 Å². The van der Waals surface area contributed by atoms with Crippen LogP contribution in [0.2, 0.25) is 0 Å². The fourth-order valence-electron chi connectivity index (χ4n) is 3.23. The lowest BCUT2D eigenvalue weighted by Gasteiger charge is -2.33. The summed E-state index contributed by atoms with van der Waals surface area (Å²) in [7, 11) is 3.96. The highest BCUT2D eigenvalue weighted by molar-refractivity contribution is 5.97. The minimum Gasteiger partial charge on any atom is -0.315 e. The number of carbonyl (C=O) groups is 1. The zero-order chi connectivity index (χ0) is 15.5. The van der Waals surface area contributed by atoms with Gasteiger partial charge in [-0.1, -0.05) is 48.5 Å². The molecule has 1 unspecified atom stereocenters. The first-order valence-electron chi connectivity index (χ1n) is 7.73. The maximum atomic E-state index is 12.6. The molecule has 1 aliphatic heterocycles. The molecule has 1 heterocycles. The Morgan fingerprint density at radius 3 is 2.55 bits per heavy atom. The van der Waals surface area contributed by atoms with Crippen LogP contribution in [0.15, 0.2) is 54.6 Å². The summed E-state index contributed by atoms with van der Waals surface area (Å²) in [5.74, 6) is 0.257. The molecule has 0 bridgehead atoms. The monoisotopic (exact) mass is 294 g/mol. The van der Waals surface area contributed by atoms with E-state index < -0.39 is 0 Å². The summed E-state index contributed by atoms with van der Waals surface area (Å²) in [4.78, 5) is 16.6. The van der Waals surface area contributed by atoms with Gasteiger partial charge in [-0.15, -0.1) is 0 Å². The molecule has 1 aliphatic rings. The number of hydrogen-bond donors (Lipinski definition) is 0. The second-order valence-corrected chi connectivity index (χ2v) is 6.11. The van der Waals surface area contributed by atoms with Gasteiger partial charge in [0.05, 0.1) is 5.92 Å². The lowest BCUT2D eigenvalue weighted by molar-refractivity contribution is -0.123. The van der Waals surface area contributed by atoms with Crippen molar-refractivity contribution < 1.29 is 4.79 Å². The summed E-state index contributed by atoms with van der Waals surface area (Å²) >= 11 is 0. The van der Waals surface area contributed by atoms with Crippen LogP contribution in [0.5, 0.6) is 0 Å². The second kappa shape index (κ2) is 6.32. The summed E-state index contributed by atoms with van der Waals surface area (Å²) < 4.78 is 0. The van der Waals surface area contributed by atoms with Gasteiger partial charge < -0.3 is 9.80 Å². The Morgan fingerprint density at radius 1 is 1.09 bits per heavy atom. The van der Waals surface area contributed by atoms with Crippen LogP contribution < -0.4 is 4.90 Å². The predicted molar refractivity (Wildman–Crippen MR) is 89.8 cm³/mol. The number of fused-ring (bicyclic) bond motifs is 1. The van der Waals surface area contributed by atoms with Gasteiger partial charge in [0.2, 0.25) is 5.91 Å². The molecule has 0 spiro atoms. The van der Waals surface area contributed by atoms with Crippen LogP contribution in [0.3, 0.4) is 0 Å². The summed E-state index contributed by atoms with van der Waals surface area (Å²) in [5.41, 5.74) is 3.60. The molecule has 0 N–H and O–H groups in total. The average molecular weight is 294 g/mol. The van der Waals surface area contributed by atoms with Crippen molar-refractivity contribution in [3.05, 3.63) is 65.7 Å². The molecule has 1 atom stereocenters. The third-order valence-corrected chi connectivity index (χ3v) is 4.33. The van der Waals surface area contributed by atoms with E-state index in [-0.39, 0.29) is 11.8 Å². The summed E-state index contributed by atoms with van der Waals surface area (Å²) in [6.45, 7) is 1.66. The highest BCUT2D eigenvalue weighted by Crippen LogP contribution is 2.29. The highest BCUT2D eigenvalue weighted by atomic mass is 16.2. The quantitative estimate of drug-likeness (QED) is 0.865. The number of anilines is 1. The van der Waals surface area contributed by atoms with Crippen LogP contribution in [0.4, 0.5) is 5.69 Å². The van der Waals surface area contributed by atoms with Crippen LogP contribution in [0, 0.1) is 5.92 Å². The summed E-state index contributed by atoms with van der Waals surface area (Å²) in [5, 5.41) is 0. The molecule has 2 aromatic rings. The largest absolute Gasteiger partial charge is 0.315 e. The van der Waals surface area contributed by atoms with Crippen molar-refractivity contribution >= 4 is 11.6 Å². The Labute approximate surface area is 132 Å². The van der Waals surface area contributed by atoms with Crippen LogP contribution in [-0.2, 0) is 17.8 Å². The number of rotatable bonds is 4. The smallest absolute Gasteiger partial charge is 0.231 e. The number of nitrogens with zero attached hydrogens (tertiary/aromatic N) is 2. The standard InChI is InChI=1S/C19H22N2O/c1-20(13-15-8-4-3-5-9-15)14-17-12-16-10-6-7-11-18(16)21(2)19(17)22/h3-11,17H,12-14H2,1-2H3. The maximum absolute atomic E-state index is 12.6. The van der Waals surface area contributed by atoms with E-state index in [1.165, 1.54) is 11.1 Å². The molecule has 22 heavy (non-hydrogen) atoms. The first-order chi connectivity index (χ1) is 10.6. The fraction of sp³-hybridized carbons (Fsp3) is 0.316. The molecule has 0 saturated heterocycles. The van der Waals surface area contributed by atoms with E-state index in [4.69, 9.17) is 0 Å². The van der Waals surface area contributed by atoms with Crippen molar-refractivity contribution in [2.75, 3.05) is 25.5 Å². The first-order valence-corrected chi connectivity index (χ1v) is 7.73. The zero-order valence-electron chi connectivity index (χ0n) is 13.2. The predicted octanol–water partition coefficient (Wildman–Crippen LogP) is 2.95. The van der Waals surface area contributed by atoms with Gasteiger partial charge in [0.25, 0.3) is 0 Å². The number of carbonyl (C=O) groups excluding carboxylic acids is 1. The van der Waals surface area contributed by atoms with E-state index in [1.807, 2.05) is 31.3 Å². The second-order valence-electron chi connectivity index (χ2n) is 6.11. The molecule has 3 nitrogen and oxygen atoms in total. The molecule has 0 aliphatic carbocycles. The zero-order valence-corrected chi connectivity index (χ0v) is 13.2. The van der Waals surface area contributed by atoms with Crippen molar-refractivity contribution in [3.63, 3.8) is 0 Å². The molecule has 114 valence electrons. The molecular formula is C19H22N2O. The minimum absolute atomic E-state index is 0.0358. The molecule has 0 fully saturated rings. The SMILES string of the molecule is CN(Cc1ccccc1)CC1Cc2ccccc2N(C)C1=O. The van der Waals surface area contributed by atoms with Crippen LogP contribution in [0.25, 0.3) is 0 Å².